The molecule has 2 aromatic rings. The lowest BCUT2D eigenvalue weighted by Gasteiger charge is -2.20. The van der Waals surface area contributed by atoms with Crippen molar-refractivity contribution in [2.24, 2.45) is 0 Å². The van der Waals surface area contributed by atoms with Gasteiger partial charge in [0.2, 0.25) is 5.91 Å². The van der Waals surface area contributed by atoms with Crippen molar-refractivity contribution in [3.63, 3.8) is 0 Å². The number of nitrogens with one attached hydrogen (secondary N) is 2. The van der Waals surface area contributed by atoms with Crippen LogP contribution in [0, 0.1) is 5.82 Å². The fourth-order valence-electron chi connectivity index (χ4n) is 2.28. The van der Waals surface area contributed by atoms with Crippen LogP contribution in [-0.4, -0.2) is 32.7 Å². The van der Waals surface area contributed by atoms with Gasteiger partial charge in [0.15, 0.2) is 0 Å². The summed E-state index contributed by atoms with van der Waals surface area (Å²) in [6.07, 6.45) is 0. The summed E-state index contributed by atoms with van der Waals surface area (Å²) in [5, 5.41) is 5.94. The number of carbonyl (C=O) groups excluding carboxylic acids is 1. The number of amides is 1. The Kier molecular flexibility index (Phi) is 9.01. The molecule has 0 spiro atoms. The topological polar surface area (TPSA) is 50.4 Å². The van der Waals surface area contributed by atoms with Gasteiger partial charge in [-0.1, -0.05) is 42.5 Å². The Morgan fingerprint density at radius 3 is 2.50 bits per heavy atom. The maximum absolute atomic E-state index is 13.5. The molecule has 130 valence electrons. The minimum Gasteiger partial charge on any atom is -0.383 e. The van der Waals surface area contributed by atoms with Gasteiger partial charge in [-0.3, -0.25) is 4.79 Å². The highest BCUT2D eigenvalue weighted by Gasteiger charge is 2.17. The van der Waals surface area contributed by atoms with Crippen LogP contribution in [0.2, 0.25) is 0 Å². The summed E-state index contributed by atoms with van der Waals surface area (Å²) in [6, 6.07) is 15.4. The molecule has 6 heteroatoms. The van der Waals surface area contributed by atoms with Crippen LogP contribution in [0.4, 0.5) is 4.39 Å². The van der Waals surface area contributed by atoms with E-state index in [2.05, 4.69) is 10.6 Å². The molecule has 24 heavy (non-hydrogen) atoms. The summed E-state index contributed by atoms with van der Waals surface area (Å²) in [4.78, 5) is 12.1. The molecule has 0 saturated carbocycles. The summed E-state index contributed by atoms with van der Waals surface area (Å²) in [5.41, 5.74) is 1.62. The lowest BCUT2D eigenvalue weighted by atomic mass is 9.98. The van der Waals surface area contributed by atoms with Gasteiger partial charge in [-0.15, -0.1) is 12.4 Å². The number of methoxy groups -OCH3 is 1. The first-order chi connectivity index (χ1) is 11.2. The first kappa shape index (κ1) is 20.1. The lowest BCUT2D eigenvalue weighted by molar-refractivity contribution is -0.120. The molecule has 1 unspecified atom stereocenters. The number of benzene rings is 2. The monoisotopic (exact) mass is 352 g/mol. The fraction of sp³-hybridized carbons (Fsp3) is 0.278. The molecule has 0 aromatic heterocycles. The van der Waals surface area contributed by atoms with Gasteiger partial charge in [0.25, 0.3) is 0 Å². The number of ether oxygens (including phenoxy) is 1. The zero-order valence-electron chi connectivity index (χ0n) is 13.5. The molecule has 0 bridgehead atoms. The van der Waals surface area contributed by atoms with Crippen molar-refractivity contribution in [3.8, 4) is 0 Å². The van der Waals surface area contributed by atoms with Gasteiger partial charge < -0.3 is 15.4 Å². The summed E-state index contributed by atoms with van der Waals surface area (Å²) in [5.74, 6) is -0.477. The Bertz CT molecular complexity index is 625. The van der Waals surface area contributed by atoms with Gasteiger partial charge in [0, 0.05) is 13.7 Å². The van der Waals surface area contributed by atoms with E-state index in [0.717, 1.165) is 5.56 Å². The van der Waals surface area contributed by atoms with E-state index in [9.17, 15) is 9.18 Å². The van der Waals surface area contributed by atoms with Crippen molar-refractivity contribution in [1.82, 2.24) is 10.6 Å². The first-order valence-electron chi connectivity index (χ1n) is 7.50. The Morgan fingerprint density at radius 1 is 1.12 bits per heavy atom. The fourth-order valence-corrected chi connectivity index (χ4v) is 2.28. The Hall–Kier alpha value is -1.95. The van der Waals surface area contributed by atoms with Crippen LogP contribution in [0.5, 0.6) is 0 Å². The molecule has 0 heterocycles. The van der Waals surface area contributed by atoms with Crippen LogP contribution in [0.15, 0.2) is 54.6 Å². The van der Waals surface area contributed by atoms with Crippen LogP contribution in [0.3, 0.4) is 0 Å². The zero-order chi connectivity index (χ0) is 16.5. The first-order valence-corrected chi connectivity index (χ1v) is 7.50. The summed E-state index contributed by atoms with van der Waals surface area (Å²) in [6.45, 7) is 1.32. The maximum Gasteiger partial charge on any atom is 0.234 e. The Balaban J connectivity index is 0.00000288. The Morgan fingerprint density at radius 2 is 1.83 bits per heavy atom. The second-order valence-electron chi connectivity index (χ2n) is 5.14. The zero-order valence-corrected chi connectivity index (χ0v) is 14.3. The van der Waals surface area contributed by atoms with E-state index in [4.69, 9.17) is 4.74 Å². The predicted molar refractivity (Wildman–Crippen MR) is 94.8 cm³/mol. The molecule has 4 nitrogen and oxygen atoms in total. The number of hydrogen-bond donors (Lipinski definition) is 2. The van der Waals surface area contributed by atoms with Crippen molar-refractivity contribution in [2.75, 3.05) is 26.8 Å². The highest BCUT2D eigenvalue weighted by Crippen LogP contribution is 2.22. The molecule has 0 fully saturated rings. The highest BCUT2D eigenvalue weighted by molar-refractivity contribution is 5.85. The smallest absolute Gasteiger partial charge is 0.234 e. The minimum absolute atomic E-state index is 0. The molecule has 0 aliphatic carbocycles. The minimum atomic E-state index is -0.386. The van der Waals surface area contributed by atoms with Crippen LogP contribution < -0.4 is 10.6 Å². The number of hydrogen-bond acceptors (Lipinski definition) is 3. The average molecular weight is 353 g/mol. The van der Waals surface area contributed by atoms with Crippen molar-refractivity contribution in [1.29, 1.82) is 0 Å². The van der Waals surface area contributed by atoms with Gasteiger partial charge in [0.05, 0.1) is 19.2 Å². The van der Waals surface area contributed by atoms with E-state index in [1.807, 2.05) is 30.3 Å². The molecule has 1 amide bonds. The van der Waals surface area contributed by atoms with E-state index in [-0.39, 0.29) is 36.7 Å². The Labute approximate surface area is 147 Å². The molecule has 2 rings (SSSR count). The van der Waals surface area contributed by atoms with Gasteiger partial charge in [-0.05, 0) is 23.3 Å². The van der Waals surface area contributed by atoms with E-state index in [1.165, 1.54) is 12.1 Å². The molecular weight excluding hydrogens is 331 g/mol. The molecule has 0 radical (unpaired) electrons. The normalized spacial score (nSPS) is 11.4. The molecule has 0 aliphatic heterocycles. The lowest BCUT2D eigenvalue weighted by Crippen LogP contribution is -2.37. The van der Waals surface area contributed by atoms with E-state index >= 15 is 0 Å². The van der Waals surface area contributed by atoms with Crippen molar-refractivity contribution < 1.29 is 13.9 Å². The summed E-state index contributed by atoms with van der Waals surface area (Å²) in [7, 11) is 1.61. The third-order valence-electron chi connectivity index (χ3n) is 3.39. The largest absolute Gasteiger partial charge is 0.383 e. The number of carbonyl (C=O) groups is 1. The van der Waals surface area contributed by atoms with Crippen molar-refractivity contribution in [2.45, 2.75) is 6.04 Å². The second-order valence-corrected chi connectivity index (χ2v) is 5.14. The molecule has 0 saturated heterocycles. The van der Waals surface area contributed by atoms with Gasteiger partial charge in [0.1, 0.15) is 5.82 Å². The SMILES string of the molecule is COCCNCC(=O)NC(c1ccccc1)c1cccc(F)c1.Cl. The van der Waals surface area contributed by atoms with E-state index in [0.29, 0.717) is 18.7 Å². The average Bonchev–Trinajstić information content (AvgIpc) is 2.57. The van der Waals surface area contributed by atoms with Crippen molar-refractivity contribution in [3.05, 3.63) is 71.5 Å². The van der Waals surface area contributed by atoms with Gasteiger partial charge in [-0.2, -0.15) is 0 Å². The quantitative estimate of drug-likeness (QED) is 0.718. The standard InChI is InChI=1S/C18H21FN2O2.ClH/c1-23-11-10-20-13-17(22)21-18(14-6-3-2-4-7-14)15-8-5-9-16(19)12-15;/h2-9,12,18,20H,10-11,13H2,1H3,(H,21,22);1H. The van der Waals surface area contributed by atoms with Crippen LogP contribution in [-0.2, 0) is 9.53 Å². The summed E-state index contributed by atoms with van der Waals surface area (Å²) >= 11 is 0. The molecular formula is C18H22ClFN2O2. The van der Waals surface area contributed by atoms with E-state index in [1.54, 1.807) is 19.2 Å². The van der Waals surface area contributed by atoms with Crippen LogP contribution in [0.25, 0.3) is 0 Å². The number of halogens is 2. The number of rotatable bonds is 8. The summed E-state index contributed by atoms with van der Waals surface area (Å²) < 4.78 is 18.4. The third-order valence-corrected chi connectivity index (χ3v) is 3.39. The molecule has 1 atom stereocenters. The maximum atomic E-state index is 13.5. The van der Waals surface area contributed by atoms with Gasteiger partial charge >= 0.3 is 0 Å². The molecule has 2 N–H and O–H groups in total. The highest BCUT2D eigenvalue weighted by atomic mass is 35.5. The molecule has 2 aromatic carbocycles. The third kappa shape index (κ3) is 6.28. The van der Waals surface area contributed by atoms with E-state index < -0.39 is 0 Å². The second kappa shape index (κ2) is 10.8. The van der Waals surface area contributed by atoms with Gasteiger partial charge in [-0.25, -0.2) is 4.39 Å². The van der Waals surface area contributed by atoms with Crippen LogP contribution >= 0.6 is 12.4 Å². The van der Waals surface area contributed by atoms with Crippen LogP contribution in [0.1, 0.15) is 17.2 Å². The van der Waals surface area contributed by atoms with Crippen molar-refractivity contribution >= 4 is 18.3 Å². The predicted octanol–water partition coefficient (Wildman–Crippen LogP) is 2.69. The molecule has 0 aliphatic rings.